The van der Waals surface area contributed by atoms with Gasteiger partial charge in [0.25, 0.3) is 0 Å². The molecule has 1 fully saturated rings. The van der Waals surface area contributed by atoms with E-state index < -0.39 is 9.84 Å². The van der Waals surface area contributed by atoms with Crippen LogP contribution in [0.25, 0.3) is 0 Å². The SMILES string of the molecule is C=CCNC(=O)C1CCS(=O)(=O)CC1. The highest BCUT2D eigenvalue weighted by Crippen LogP contribution is 2.18. The Labute approximate surface area is 84.3 Å². The fraction of sp³-hybridized carbons (Fsp3) is 0.667. The van der Waals surface area contributed by atoms with Crippen molar-refractivity contribution in [3.05, 3.63) is 12.7 Å². The molecule has 0 aromatic rings. The van der Waals surface area contributed by atoms with Crippen LogP contribution in [-0.2, 0) is 14.6 Å². The van der Waals surface area contributed by atoms with Crippen molar-refractivity contribution in [3.8, 4) is 0 Å². The summed E-state index contributed by atoms with van der Waals surface area (Å²) in [5.41, 5.74) is 0. The molecule has 0 unspecified atom stereocenters. The molecule has 0 atom stereocenters. The van der Waals surface area contributed by atoms with Crippen molar-refractivity contribution in [1.82, 2.24) is 5.32 Å². The Bertz CT molecular complexity index is 307. The normalized spacial score (nSPS) is 21.4. The summed E-state index contributed by atoms with van der Waals surface area (Å²) in [5.74, 6) is 0.0801. The molecule has 5 heteroatoms. The molecule has 1 rings (SSSR count). The number of amides is 1. The lowest BCUT2D eigenvalue weighted by molar-refractivity contribution is -0.124. The van der Waals surface area contributed by atoms with Crippen LogP contribution in [0, 0.1) is 5.92 Å². The minimum absolute atomic E-state index is 0.0557. The van der Waals surface area contributed by atoms with Gasteiger partial charge in [0.05, 0.1) is 11.5 Å². The molecule has 1 aliphatic heterocycles. The second-order valence-electron chi connectivity index (χ2n) is 3.46. The van der Waals surface area contributed by atoms with Gasteiger partial charge in [-0.1, -0.05) is 6.08 Å². The van der Waals surface area contributed by atoms with Gasteiger partial charge in [0.15, 0.2) is 0 Å². The quantitative estimate of drug-likeness (QED) is 0.683. The average molecular weight is 217 g/mol. The zero-order chi connectivity index (χ0) is 10.6. The maximum atomic E-state index is 11.4. The summed E-state index contributed by atoms with van der Waals surface area (Å²) in [6, 6.07) is 0. The molecule has 80 valence electrons. The summed E-state index contributed by atoms with van der Waals surface area (Å²) >= 11 is 0. The van der Waals surface area contributed by atoms with Crippen LogP contribution in [0.15, 0.2) is 12.7 Å². The van der Waals surface area contributed by atoms with Crippen molar-refractivity contribution in [2.45, 2.75) is 12.8 Å². The number of carbonyl (C=O) groups is 1. The Morgan fingerprint density at radius 2 is 2.00 bits per heavy atom. The van der Waals surface area contributed by atoms with Crippen LogP contribution in [0.4, 0.5) is 0 Å². The summed E-state index contributed by atoms with van der Waals surface area (Å²) in [7, 11) is -2.87. The Morgan fingerprint density at radius 1 is 1.43 bits per heavy atom. The van der Waals surface area contributed by atoms with E-state index in [0.717, 1.165) is 0 Å². The largest absolute Gasteiger partial charge is 0.352 e. The molecule has 1 N–H and O–H groups in total. The van der Waals surface area contributed by atoms with Crippen LogP contribution in [0.5, 0.6) is 0 Å². The molecule has 1 saturated heterocycles. The van der Waals surface area contributed by atoms with Gasteiger partial charge in [-0.05, 0) is 12.8 Å². The van der Waals surface area contributed by atoms with Gasteiger partial charge < -0.3 is 5.32 Å². The standard InChI is InChI=1S/C9H15NO3S/c1-2-5-10-9(11)8-3-6-14(12,13)7-4-8/h2,8H,1,3-7H2,(H,10,11). The van der Waals surface area contributed by atoms with Crippen LogP contribution in [0.1, 0.15) is 12.8 Å². The number of hydrogen-bond acceptors (Lipinski definition) is 3. The van der Waals surface area contributed by atoms with Gasteiger partial charge in [-0.2, -0.15) is 0 Å². The van der Waals surface area contributed by atoms with E-state index in [1.54, 1.807) is 6.08 Å². The lowest BCUT2D eigenvalue weighted by Crippen LogP contribution is -2.36. The van der Waals surface area contributed by atoms with E-state index in [0.29, 0.717) is 19.4 Å². The van der Waals surface area contributed by atoms with E-state index in [1.165, 1.54) is 0 Å². The Balaban J connectivity index is 2.41. The molecule has 0 spiro atoms. The third-order valence-corrected chi connectivity index (χ3v) is 4.06. The van der Waals surface area contributed by atoms with Crippen molar-refractivity contribution in [2.75, 3.05) is 18.1 Å². The van der Waals surface area contributed by atoms with Crippen LogP contribution < -0.4 is 5.32 Å². The molecule has 14 heavy (non-hydrogen) atoms. The molecular weight excluding hydrogens is 202 g/mol. The van der Waals surface area contributed by atoms with Crippen molar-refractivity contribution in [2.24, 2.45) is 5.92 Å². The molecule has 0 bridgehead atoms. The first-order valence-electron chi connectivity index (χ1n) is 4.64. The van der Waals surface area contributed by atoms with E-state index in [-0.39, 0.29) is 23.3 Å². The lowest BCUT2D eigenvalue weighted by atomic mass is 10.0. The Kier molecular flexibility index (Phi) is 3.69. The van der Waals surface area contributed by atoms with E-state index >= 15 is 0 Å². The molecular formula is C9H15NO3S. The molecule has 0 aliphatic carbocycles. The lowest BCUT2D eigenvalue weighted by Gasteiger charge is -2.20. The maximum absolute atomic E-state index is 11.4. The van der Waals surface area contributed by atoms with Crippen molar-refractivity contribution in [3.63, 3.8) is 0 Å². The maximum Gasteiger partial charge on any atom is 0.223 e. The molecule has 1 aliphatic rings. The van der Waals surface area contributed by atoms with E-state index in [9.17, 15) is 13.2 Å². The van der Waals surface area contributed by atoms with Gasteiger partial charge in [0, 0.05) is 12.5 Å². The van der Waals surface area contributed by atoms with Gasteiger partial charge in [-0.3, -0.25) is 4.79 Å². The molecule has 0 saturated carbocycles. The van der Waals surface area contributed by atoms with Crippen LogP contribution >= 0.6 is 0 Å². The van der Waals surface area contributed by atoms with Gasteiger partial charge in [0.1, 0.15) is 9.84 Å². The minimum Gasteiger partial charge on any atom is -0.352 e. The van der Waals surface area contributed by atoms with Crippen LogP contribution in [0.3, 0.4) is 0 Å². The third kappa shape index (κ3) is 3.14. The number of nitrogens with one attached hydrogen (secondary N) is 1. The molecule has 1 heterocycles. The topological polar surface area (TPSA) is 63.2 Å². The van der Waals surface area contributed by atoms with E-state index in [1.807, 2.05) is 0 Å². The highest BCUT2D eigenvalue weighted by Gasteiger charge is 2.27. The number of carbonyl (C=O) groups excluding carboxylic acids is 1. The zero-order valence-electron chi connectivity index (χ0n) is 8.03. The average Bonchev–Trinajstić information content (AvgIpc) is 2.14. The Morgan fingerprint density at radius 3 is 2.50 bits per heavy atom. The van der Waals surface area contributed by atoms with Crippen molar-refractivity contribution >= 4 is 15.7 Å². The molecule has 0 aromatic heterocycles. The summed E-state index contributed by atoms with van der Waals surface area (Å²) in [4.78, 5) is 11.4. The summed E-state index contributed by atoms with van der Waals surface area (Å²) in [5, 5.41) is 2.68. The van der Waals surface area contributed by atoms with Crippen LogP contribution in [0.2, 0.25) is 0 Å². The second kappa shape index (κ2) is 4.59. The minimum atomic E-state index is -2.87. The Hall–Kier alpha value is -0.840. The van der Waals surface area contributed by atoms with Gasteiger partial charge in [0.2, 0.25) is 5.91 Å². The molecule has 0 radical (unpaired) electrons. The molecule has 1 amide bonds. The first kappa shape index (κ1) is 11.2. The molecule has 4 nitrogen and oxygen atoms in total. The number of sulfone groups is 1. The van der Waals surface area contributed by atoms with E-state index in [2.05, 4.69) is 11.9 Å². The first-order chi connectivity index (χ1) is 6.55. The summed E-state index contributed by atoms with van der Waals surface area (Å²) in [6.07, 6.45) is 2.51. The monoisotopic (exact) mass is 217 g/mol. The summed E-state index contributed by atoms with van der Waals surface area (Å²) in [6.45, 7) is 3.94. The zero-order valence-corrected chi connectivity index (χ0v) is 8.85. The summed E-state index contributed by atoms with van der Waals surface area (Å²) < 4.78 is 22.2. The van der Waals surface area contributed by atoms with E-state index in [4.69, 9.17) is 0 Å². The van der Waals surface area contributed by atoms with Gasteiger partial charge in [-0.15, -0.1) is 6.58 Å². The predicted octanol–water partition coefficient (Wildman–Crippen LogP) is 0.113. The van der Waals surface area contributed by atoms with Gasteiger partial charge in [-0.25, -0.2) is 8.42 Å². The fourth-order valence-corrected chi connectivity index (χ4v) is 2.96. The number of hydrogen-bond donors (Lipinski definition) is 1. The highest BCUT2D eigenvalue weighted by molar-refractivity contribution is 7.91. The predicted molar refractivity (Wildman–Crippen MR) is 54.6 cm³/mol. The second-order valence-corrected chi connectivity index (χ2v) is 5.76. The van der Waals surface area contributed by atoms with Gasteiger partial charge >= 0.3 is 0 Å². The fourth-order valence-electron chi connectivity index (χ4n) is 1.47. The smallest absolute Gasteiger partial charge is 0.223 e. The van der Waals surface area contributed by atoms with Crippen molar-refractivity contribution in [1.29, 1.82) is 0 Å². The van der Waals surface area contributed by atoms with Crippen LogP contribution in [-0.4, -0.2) is 32.4 Å². The number of rotatable bonds is 3. The molecule has 0 aromatic carbocycles. The third-order valence-electron chi connectivity index (χ3n) is 2.35. The first-order valence-corrected chi connectivity index (χ1v) is 6.46. The highest BCUT2D eigenvalue weighted by atomic mass is 32.2. The van der Waals surface area contributed by atoms with Crippen molar-refractivity contribution < 1.29 is 13.2 Å².